The van der Waals surface area contributed by atoms with Gasteiger partial charge >= 0.3 is 5.69 Å². The van der Waals surface area contributed by atoms with Crippen molar-refractivity contribution >= 4 is 11.2 Å². The zero-order valence-corrected chi connectivity index (χ0v) is 13.2. The zero-order valence-electron chi connectivity index (χ0n) is 13.2. The highest BCUT2D eigenvalue weighted by Gasteiger charge is 2.14. The van der Waals surface area contributed by atoms with Crippen molar-refractivity contribution in [2.24, 2.45) is 0 Å². The Morgan fingerprint density at radius 3 is 2.57 bits per heavy atom. The van der Waals surface area contributed by atoms with E-state index in [1.807, 2.05) is 36.4 Å². The molecular formula is C17H19N3O3. The molecule has 0 bridgehead atoms. The third-order valence-electron chi connectivity index (χ3n) is 3.79. The van der Waals surface area contributed by atoms with Gasteiger partial charge in [0.05, 0.1) is 32.3 Å². The average Bonchev–Trinajstić information content (AvgIpc) is 2.86. The van der Waals surface area contributed by atoms with Crippen molar-refractivity contribution in [3.63, 3.8) is 0 Å². The molecule has 0 aliphatic carbocycles. The van der Waals surface area contributed by atoms with Crippen LogP contribution in [-0.4, -0.2) is 34.9 Å². The quantitative estimate of drug-likeness (QED) is 0.697. The second-order valence-corrected chi connectivity index (χ2v) is 5.21. The van der Waals surface area contributed by atoms with E-state index in [0.717, 1.165) is 16.8 Å². The molecule has 6 heteroatoms. The Kier molecular flexibility index (Phi) is 4.43. The molecule has 1 aromatic carbocycles. The Labute approximate surface area is 133 Å². The van der Waals surface area contributed by atoms with Crippen molar-refractivity contribution in [1.29, 1.82) is 0 Å². The first-order chi connectivity index (χ1) is 11.2. The largest absolute Gasteiger partial charge is 0.497 e. The second kappa shape index (κ2) is 6.66. The number of pyridine rings is 1. The fourth-order valence-corrected chi connectivity index (χ4v) is 2.60. The molecule has 3 rings (SSSR count). The lowest BCUT2D eigenvalue weighted by Gasteiger charge is -2.05. The summed E-state index contributed by atoms with van der Waals surface area (Å²) in [5.41, 5.74) is 2.46. The van der Waals surface area contributed by atoms with Gasteiger partial charge < -0.3 is 9.47 Å². The molecule has 0 saturated heterocycles. The molecule has 0 aliphatic rings. The average molecular weight is 313 g/mol. The number of ether oxygens (including phenoxy) is 2. The Morgan fingerprint density at radius 2 is 1.87 bits per heavy atom. The lowest BCUT2D eigenvalue weighted by molar-refractivity contribution is 0.187. The summed E-state index contributed by atoms with van der Waals surface area (Å²) in [5.74, 6) is 0.797. The molecule has 0 aliphatic heterocycles. The van der Waals surface area contributed by atoms with Crippen LogP contribution in [0.3, 0.4) is 0 Å². The summed E-state index contributed by atoms with van der Waals surface area (Å²) in [5, 5.41) is 0. The van der Waals surface area contributed by atoms with E-state index in [0.29, 0.717) is 25.3 Å². The summed E-state index contributed by atoms with van der Waals surface area (Å²) >= 11 is 0. The molecule has 2 heterocycles. The number of rotatable bonds is 6. The van der Waals surface area contributed by atoms with Crippen molar-refractivity contribution < 1.29 is 9.47 Å². The fraction of sp³-hybridized carbons (Fsp3) is 0.294. The van der Waals surface area contributed by atoms with Gasteiger partial charge in [0.25, 0.3) is 0 Å². The van der Waals surface area contributed by atoms with Crippen molar-refractivity contribution in [2.75, 3.05) is 20.8 Å². The van der Waals surface area contributed by atoms with Gasteiger partial charge in [0.15, 0.2) is 5.65 Å². The maximum absolute atomic E-state index is 12.7. The monoisotopic (exact) mass is 313 g/mol. The molecule has 23 heavy (non-hydrogen) atoms. The van der Waals surface area contributed by atoms with Crippen LogP contribution in [0.15, 0.2) is 47.4 Å². The summed E-state index contributed by atoms with van der Waals surface area (Å²) in [6, 6.07) is 11.5. The third kappa shape index (κ3) is 2.98. The first-order valence-electron chi connectivity index (χ1n) is 7.40. The summed E-state index contributed by atoms with van der Waals surface area (Å²) < 4.78 is 13.6. The van der Waals surface area contributed by atoms with Gasteiger partial charge in [0, 0.05) is 13.3 Å². The number of fused-ring (bicyclic) bond motifs is 1. The van der Waals surface area contributed by atoms with Gasteiger partial charge in [-0.25, -0.2) is 9.78 Å². The Morgan fingerprint density at radius 1 is 1.09 bits per heavy atom. The summed E-state index contributed by atoms with van der Waals surface area (Å²) in [6.45, 7) is 1.45. The van der Waals surface area contributed by atoms with Gasteiger partial charge in [0.1, 0.15) is 5.75 Å². The number of hydrogen-bond donors (Lipinski definition) is 0. The highest BCUT2D eigenvalue weighted by molar-refractivity contribution is 5.71. The van der Waals surface area contributed by atoms with Crippen molar-refractivity contribution in [2.45, 2.75) is 13.1 Å². The molecule has 3 aromatic rings. The normalized spacial score (nSPS) is 11.0. The van der Waals surface area contributed by atoms with E-state index in [9.17, 15) is 4.79 Å². The van der Waals surface area contributed by atoms with Crippen LogP contribution < -0.4 is 10.4 Å². The second-order valence-electron chi connectivity index (χ2n) is 5.21. The van der Waals surface area contributed by atoms with E-state index in [1.54, 1.807) is 29.6 Å². The number of nitrogens with zero attached hydrogens (tertiary/aromatic N) is 3. The van der Waals surface area contributed by atoms with Crippen molar-refractivity contribution in [3.05, 3.63) is 58.6 Å². The minimum absolute atomic E-state index is 0.0773. The van der Waals surface area contributed by atoms with Gasteiger partial charge in [-0.2, -0.15) is 0 Å². The highest BCUT2D eigenvalue weighted by Crippen LogP contribution is 2.15. The van der Waals surface area contributed by atoms with E-state index in [4.69, 9.17) is 9.47 Å². The molecule has 120 valence electrons. The first-order valence-corrected chi connectivity index (χ1v) is 7.40. The van der Waals surface area contributed by atoms with Crippen LogP contribution in [0, 0.1) is 0 Å². The van der Waals surface area contributed by atoms with E-state index in [1.165, 1.54) is 0 Å². The maximum atomic E-state index is 12.7. The van der Waals surface area contributed by atoms with E-state index >= 15 is 0 Å². The van der Waals surface area contributed by atoms with Gasteiger partial charge in [-0.1, -0.05) is 12.1 Å². The standard InChI is InChI=1S/C17H19N3O3/c1-22-11-10-19-16-15(4-3-9-18-16)20(17(19)21)12-13-5-7-14(23-2)8-6-13/h3-9H,10-12H2,1-2H3. The summed E-state index contributed by atoms with van der Waals surface area (Å²) in [7, 11) is 3.25. The van der Waals surface area contributed by atoms with Crippen molar-refractivity contribution in [1.82, 2.24) is 14.1 Å². The molecule has 0 radical (unpaired) electrons. The summed E-state index contributed by atoms with van der Waals surface area (Å²) in [4.78, 5) is 17.1. The predicted octanol–water partition coefficient (Wildman–Crippen LogP) is 1.90. The van der Waals surface area contributed by atoms with Crippen LogP contribution in [0.5, 0.6) is 5.75 Å². The zero-order chi connectivity index (χ0) is 16.2. The molecular weight excluding hydrogens is 294 g/mol. The lowest BCUT2D eigenvalue weighted by atomic mass is 10.2. The highest BCUT2D eigenvalue weighted by atomic mass is 16.5. The van der Waals surface area contributed by atoms with Crippen molar-refractivity contribution in [3.8, 4) is 5.75 Å². The number of imidazole rings is 1. The fourth-order valence-electron chi connectivity index (χ4n) is 2.60. The smallest absolute Gasteiger partial charge is 0.330 e. The SMILES string of the molecule is COCCn1c(=O)n(Cc2ccc(OC)cc2)c2cccnc21. The van der Waals surface area contributed by atoms with Crippen LogP contribution >= 0.6 is 0 Å². The molecule has 6 nitrogen and oxygen atoms in total. The van der Waals surface area contributed by atoms with E-state index in [-0.39, 0.29) is 5.69 Å². The maximum Gasteiger partial charge on any atom is 0.330 e. The molecule has 0 unspecified atom stereocenters. The molecule has 0 saturated carbocycles. The van der Waals surface area contributed by atoms with Gasteiger partial charge in [-0.15, -0.1) is 0 Å². The third-order valence-corrected chi connectivity index (χ3v) is 3.79. The molecule has 0 N–H and O–H groups in total. The minimum atomic E-state index is -0.0773. The van der Waals surface area contributed by atoms with Crippen LogP contribution in [0.2, 0.25) is 0 Å². The predicted molar refractivity (Wildman–Crippen MR) is 88.0 cm³/mol. The molecule has 2 aromatic heterocycles. The van der Waals surface area contributed by atoms with Gasteiger partial charge in [-0.3, -0.25) is 9.13 Å². The number of aromatic nitrogens is 3. The van der Waals surface area contributed by atoms with Crippen LogP contribution in [0.25, 0.3) is 11.2 Å². The topological polar surface area (TPSA) is 58.3 Å². The minimum Gasteiger partial charge on any atom is -0.497 e. The molecule has 0 amide bonds. The Balaban J connectivity index is 2.02. The number of methoxy groups -OCH3 is 2. The lowest BCUT2D eigenvalue weighted by Crippen LogP contribution is -2.26. The van der Waals surface area contributed by atoms with Gasteiger partial charge in [0.2, 0.25) is 0 Å². The van der Waals surface area contributed by atoms with Crippen LogP contribution in [0.1, 0.15) is 5.56 Å². The number of benzene rings is 1. The Hall–Kier alpha value is -2.60. The van der Waals surface area contributed by atoms with Crippen LogP contribution in [0.4, 0.5) is 0 Å². The van der Waals surface area contributed by atoms with E-state index < -0.39 is 0 Å². The molecule has 0 atom stereocenters. The summed E-state index contributed by atoms with van der Waals surface area (Å²) in [6.07, 6.45) is 1.70. The van der Waals surface area contributed by atoms with E-state index in [2.05, 4.69) is 4.98 Å². The number of hydrogen-bond acceptors (Lipinski definition) is 4. The van der Waals surface area contributed by atoms with Gasteiger partial charge in [-0.05, 0) is 29.8 Å². The molecule has 0 spiro atoms. The van der Waals surface area contributed by atoms with Crippen LogP contribution in [-0.2, 0) is 17.8 Å². The Bertz CT molecular complexity index is 850. The first kappa shape index (κ1) is 15.3. The molecule has 0 fully saturated rings.